The molecule has 46 heavy (non-hydrogen) atoms. The Morgan fingerprint density at radius 2 is 1.83 bits per heavy atom. The summed E-state index contributed by atoms with van der Waals surface area (Å²) >= 11 is 0. The number of fused-ring (bicyclic) bond motifs is 5. The van der Waals surface area contributed by atoms with Gasteiger partial charge in [-0.1, -0.05) is 24.6 Å². The molecule has 9 rings (SSSR count). The summed E-state index contributed by atoms with van der Waals surface area (Å²) in [6, 6.07) is 10.9. The highest BCUT2D eigenvalue weighted by atomic mass is 19.1. The molecule has 10 heteroatoms. The lowest BCUT2D eigenvalue weighted by molar-refractivity contribution is 0.107. The Bertz CT molecular complexity index is 1860. The second-order valence-corrected chi connectivity index (χ2v) is 14.2. The van der Waals surface area contributed by atoms with Crippen LogP contribution in [0.3, 0.4) is 0 Å². The summed E-state index contributed by atoms with van der Waals surface area (Å²) in [6.45, 7) is 2.76. The fraction of sp³-hybridized carbons (Fsp3) is 0.500. The third kappa shape index (κ3) is 4.54. The first-order valence-corrected chi connectivity index (χ1v) is 16.8. The molecule has 2 unspecified atom stereocenters. The Balaban J connectivity index is 1.20. The summed E-state index contributed by atoms with van der Waals surface area (Å²) in [7, 11) is 0. The van der Waals surface area contributed by atoms with E-state index < -0.39 is 23.3 Å². The largest absolute Gasteiger partial charge is 0.508 e. The van der Waals surface area contributed by atoms with Crippen LogP contribution in [0.25, 0.3) is 32.8 Å². The molecule has 5 heterocycles. The molecule has 1 aromatic heterocycles. The molecule has 0 amide bonds. The standard InChI is InChI=1S/C36H38F3N5O2/c37-22-15-36(10-3-11-44(36)16-22)19-46-35-41-33-28(34(42-35)43-17-23-8-9-24(18-43)40-23)14-29(38)31(32(33)39)27-13-25(45)12-21-6-2-7-26(30(21)27)20-4-1-5-20/h2,6-7,12-14,20,22-24,40,45H,1,3-5,8-11,15-19H2/t22-,23?,24?,36+/m1/s1. The van der Waals surface area contributed by atoms with Crippen LogP contribution in [0.5, 0.6) is 11.8 Å². The summed E-state index contributed by atoms with van der Waals surface area (Å²) in [6.07, 6.45) is 6.53. The number of aromatic nitrogens is 2. The van der Waals surface area contributed by atoms with Crippen molar-refractivity contribution in [3.05, 3.63) is 53.6 Å². The van der Waals surface area contributed by atoms with Crippen molar-refractivity contribution < 1.29 is 23.0 Å². The van der Waals surface area contributed by atoms with Crippen molar-refractivity contribution in [1.29, 1.82) is 0 Å². The average Bonchev–Trinajstić information content (AvgIpc) is 3.65. The normalized spacial score (nSPS) is 27.9. The Kier molecular flexibility index (Phi) is 6.65. The second-order valence-electron chi connectivity index (χ2n) is 14.2. The van der Waals surface area contributed by atoms with E-state index in [1.807, 2.05) is 18.2 Å². The summed E-state index contributed by atoms with van der Waals surface area (Å²) in [4.78, 5) is 13.7. The van der Waals surface area contributed by atoms with Crippen LogP contribution in [0.4, 0.5) is 19.0 Å². The molecule has 4 aliphatic heterocycles. The Labute approximate surface area is 265 Å². The zero-order chi connectivity index (χ0) is 31.2. The number of aromatic hydroxyl groups is 1. The Hall–Kier alpha value is -3.63. The fourth-order valence-corrected chi connectivity index (χ4v) is 9.03. The molecule has 1 aliphatic carbocycles. The van der Waals surface area contributed by atoms with E-state index in [2.05, 4.69) is 20.1 Å². The minimum absolute atomic E-state index is 0.0179. The molecule has 5 fully saturated rings. The molecular formula is C36H38F3N5O2. The number of hydrogen-bond acceptors (Lipinski definition) is 7. The zero-order valence-corrected chi connectivity index (χ0v) is 25.7. The van der Waals surface area contributed by atoms with Gasteiger partial charge in [-0.2, -0.15) is 9.97 Å². The number of anilines is 1. The topological polar surface area (TPSA) is 73.8 Å². The van der Waals surface area contributed by atoms with E-state index in [-0.39, 0.29) is 41.5 Å². The van der Waals surface area contributed by atoms with Crippen LogP contribution in [-0.4, -0.2) is 76.6 Å². The van der Waals surface area contributed by atoms with Gasteiger partial charge in [0, 0.05) is 43.5 Å². The van der Waals surface area contributed by atoms with Gasteiger partial charge in [0.25, 0.3) is 0 Å². The number of nitrogens with zero attached hydrogens (tertiary/aromatic N) is 4. The van der Waals surface area contributed by atoms with Gasteiger partial charge in [-0.3, -0.25) is 4.90 Å². The lowest BCUT2D eigenvalue weighted by Gasteiger charge is -2.34. The smallest absolute Gasteiger partial charge is 0.319 e. The molecule has 3 aromatic carbocycles. The number of ether oxygens (including phenoxy) is 1. The molecule has 4 saturated heterocycles. The molecule has 4 atom stereocenters. The van der Waals surface area contributed by atoms with Gasteiger partial charge in [0.2, 0.25) is 0 Å². The van der Waals surface area contributed by atoms with Gasteiger partial charge in [0.05, 0.1) is 11.1 Å². The summed E-state index contributed by atoms with van der Waals surface area (Å²) in [5.74, 6) is -0.822. The van der Waals surface area contributed by atoms with Crippen molar-refractivity contribution in [2.75, 3.05) is 37.7 Å². The van der Waals surface area contributed by atoms with Gasteiger partial charge in [-0.05, 0) is 91.1 Å². The minimum atomic E-state index is -0.904. The van der Waals surface area contributed by atoms with Crippen molar-refractivity contribution in [1.82, 2.24) is 20.2 Å². The molecule has 4 aromatic rings. The van der Waals surface area contributed by atoms with Crippen LogP contribution < -0.4 is 15.0 Å². The number of hydrogen-bond donors (Lipinski definition) is 2. The molecule has 7 nitrogen and oxygen atoms in total. The molecule has 5 aliphatic rings. The van der Waals surface area contributed by atoms with Gasteiger partial charge in [0.15, 0.2) is 5.82 Å². The predicted molar refractivity (Wildman–Crippen MR) is 171 cm³/mol. The van der Waals surface area contributed by atoms with Crippen molar-refractivity contribution >= 4 is 27.5 Å². The van der Waals surface area contributed by atoms with Gasteiger partial charge < -0.3 is 20.1 Å². The quantitative estimate of drug-likeness (QED) is 0.249. The number of phenols is 1. The van der Waals surface area contributed by atoms with E-state index in [9.17, 15) is 9.50 Å². The van der Waals surface area contributed by atoms with Crippen LogP contribution in [-0.2, 0) is 0 Å². The third-order valence-electron chi connectivity index (χ3n) is 11.4. The van der Waals surface area contributed by atoms with Crippen molar-refractivity contribution in [3.63, 3.8) is 0 Å². The monoisotopic (exact) mass is 629 g/mol. The fourth-order valence-electron chi connectivity index (χ4n) is 9.03. The van der Waals surface area contributed by atoms with Gasteiger partial charge in [0.1, 0.15) is 35.7 Å². The average molecular weight is 630 g/mol. The Morgan fingerprint density at radius 1 is 1.00 bits per heavy atom. The molecule has 2 N–H and O–H groups in total. The minimum Gasteiger partial charge on any atom is -0.508 e. The highest BCUT2D eigenvalue weighted by Gasteiger charge is 2.49. The van der Waals surface area contributed by atoms with Crippen LogP contribution in [0, 0.1) is 11.6 Å². The number of alkyl halides is 1. The number of rotatable bonds is 6. The second kappa shape index (κ2) is 10.7. The SMILES string of the molecule is Oc1cc(-c2c(F)cc3c(N4CC5CCC(C4)N5)nc(OC[C@@]45CCCN4C[C@H](F)C5)nc3c2F)c2c(C3CCC3)cccc2c1. The lowest BCUT2D eigenvalue weighted by Crippen LogP contribution is -2.51. The highest BCUT2D eigenvalue weighted by Crippen LogP contribution is 2.46. The number of nitrogens with one attached hydrogen (secondary N) is 1. The van der Waals surface area contributed by atoms with Gasteiger partial charge >= 0.3 is 6.01 Å². The van der Waals surface area contributed by atoms with Crippen LogP contribution in [0.1, 0.15) is 62.8 Å². The maximum absolute atomic E-state index is 17.0. The van der Waals surface area contributed by atoms with E-state index >= 15 is 8.78 Å². The molecule has 0 radical (unpaired) electrons. The van der Waals surface area contributed by atoms with E-state index in [4.69, 9.17) is 9.72 Å². The molecular weight excluding hydrogens is 591 g/mol. The number of phenolic OH excluding ortho intramolecular Hbond substituents is 1. The summed E-state index contributed by atoms with van der Waals surface area (Å²) in [5.41, 5.74) is 0.710. The zero-order valence-electron chi connectivity index (χ0n) is 25.7. The van der Waals surface area contributed by atoms with Crippen LogP contribution in [0.2, 0.25) is 0 Å². The number of benzene rings is 3. The maximum atomic E-state index is 17.0. The first-order chi connectivity index (χ1) is 22.3. The Morgan fingerprint density at radius 3 is 2.61 bits per heavy atom. The molecule has 1 saturated carbocycles. The number of halogens is 3. The predicted octanol–water partition coefficient (Wildman–Crippen LogP) is 6.60. The highest BCUT2D eigenvalue weighted by molar-refractivity contribution is 6.03. The first-order valence-electron chi connectivity index (χ1n) is 16.8. The maximum Gasteiger partial charge on any atom is 0.319 e. The van der Waals surface area contributed by atoms with Crippen LogP contribution in [0.15, 0.2) is 36.4 Å². The van der Waals surface area contributed by atoms with Crippen LogP contribution >= 0.6 is 0 Å². The third-order valence-corrected chi connectivity index (χ3v) is 11.4. The van der Waals surface area contributed by atoms with Crippen molar-refractivity contribution in [3.8, 4) is 22.9 Å². The van der Waals surface area contributed by atoms with E-state index in [0.717, 1.165) is 67.8 Å². The molecule has 0 spiro atoms. The molecule has 2 bridgehead atoms. The van der Waals surface area contributed by atoms with Crippen molar-refractivity contribution in [2.24, 2.45) is 0 Å². The van der Waals surface area contributed by atoms with Gasteiger partial charge in [-0.25, -0.2) is 13.2 Å². The summed E-state index contributed by atoms with van der Waals surface area (Å²) < 4.78 is 54.2. The van der Waals surface area contributed by atoms with Gasteiger partial charge in [-0.15, -0.1) is 0 Å². The lowest BCUT2D eigenvalue weighted by atomic mass is 9.77. The van der Waals surface area contributed by atoms with E-state index in [1.165, 1.54) is 12.1 Å². The number of piperazine rings is 1. The van der Waals surface area contributed by atoms with Crippen molar-refractivity contribution in [2.45, 2.75) is 81.1 Å². The van der Waals surface area contributed by atoms with E-state index in [1.54, 1.807) is 6.07 Å². The summed E-state index contributed by atoms with van der Waals surface area (Å²) in [5, 5.41) is 16.1. The van der Waals surface area contributed by atoms with E-state index in [0.29, 0.717) is 48.7 Å². The molecule has 240 valence electrons. The first kappa shape index (κ1) is 28.6.